The molecule has 18 aliphatic rings. The Labute approximate surface area is 808 Å². The van der Waals surface area contributed by atoms with E-state index in [1.165, 1.54) is 194 Å². The average molecular weight is 1850 g/mol. The first-order chi connectivity index (χ1) is 59.7. The number of alkyl halides is 4. The van der Waals surface area contributed by atoms with Crippen molar-refractivity contribution >= 4 is 35.0 Å². The monoisotopic (exact) mass is 1850 g/mol. The zero-order valence-electron chi connectivity index (χ0n) is 86.6. The van der Waals surface area contributed by atoms with Crippen LogP contribution in [-0.2, 0) is 28.5 Å². The zero-order valence-corrected chi connectivity index (χ0v) is 87.8. The van der Waals surface area contributed by atoms with E-state index in [4.69, 9.17) is 20.3 Å². The molecule has 11 nitrogen and oxygen atoms in total. The summed E-state index contributed by atoms with van der Waals surface area (Å²) in [5.41, 5.74) is -0.701. The van der Waals surface area contributed by atoms with Gasteiger partial charge in [-0.1, -0.05) is 83.1 Å². The van der Waals surface area contributed by atoms with Gasteiger partial charge in [-0.3, -0.25) is 14.0 Å². The molecule has 18 fully saturated rings. The van der Waals surface area contributed by atoms with Crippen molar-refractivity contribution in [2.75, 3.05) is 61.2 Å². The first-order valence-electron chi connectivity index (χ1n) is 53.9. The number of methoxy groups -OCH3 is 2. The molecule has 36 atom stereocenters. The van der Waals surface area contributed by atoms with Gasteiger partial charge in [-0.25, -0.2) is 13.2 Å². The minimum Gasteiger partial charge on any atom is -1.00 e. The summed E-state index contributed by atoms with van der Waals surface area (Å²) in [6.07, 6.45) is 52.7. The molecule has 0 aromatic heterocycles. The van der Waals surface area contributed by atoms with E-state index in [1.54, 1.807) is 0 Å². The average Bonchev–Trinajstić information content (AvgIpc) is 1.47. The van der Waals surface area contributed by atoms with E-state index >= 15 is 0 Å². The fourth-order valence-corrected chi connectivity index (χ4v) is 37.3. The van der Waals surface area contributed by atoms with Gasteiger partial charge in [0.05, 0.1) is 63.0 Å². The summed E-state index contributed by atoms with van der Waals surface area (Å²) in [5.74, 6) is 17.9. The third-order valence-electron chi connectivity index (χ3n) is 44.9. The van der Waals surface area contributed by atoms with E-state index in [0.717, 1.165) is 179 Å². The fraction of sp³-hybridized carbons (Fsp3) is 0.973. The molecule has 18 rings (SSSR count). The molecular formula is C112H193ClF4MgO11. The van der Waals surface area contributed by atoms with Crippen LogP contribution in [0.2, 0.25) is 0 Å². The van der Waals surface area contributed by atoms with Crippen LogP contribution in [0, 0.1) is 193 Å². The van der Waals surface area contributed by atoms with Crippen molar-refractivity contribution in [1.82, 2.24) is 0 Å². The summed E-state index contributed by atoms with van der Waals surface area (Å²) in [7, 11) is 2.00. The van der Waals surface area contributed by atoms with Crippen LogP contribution in [0.15, 0.2) is 0 Å². The van der Waals surface area contributed by atoms with Crippen LogP contribution >= 0.6 is 0 Å². The molecule has 12 unspecified atom stereocenters. The number of hydrogen-bond donors (Lipinski definition) is 5. The third kappa shape index (κ3) is 22.2. The second kappa shape index (κ2) is 43.1. The predicted molar refractivity (Wildman–Crippen MR) is 512 cm³/mol. The Bertz CT molecular complexity index is 3470. The molecule has 2 heterocycles. The van der Waals surface area contributed by atoms with Gasteiger partial charge in [0.1, 0.15) is 20.0 Å². The Hall–Kier alpha value is -0.564. The topological polar surface area (TPSA) is 176 Å². The van der Waals surface area contributed by atoms with Crippen LogP contribution < -0.4 is 12.4 Å². The molecule has 0 amide bonds. The smallest absolute Gasteiger partial charge is 1.00 e. The van der Waals surface area contributed by atoms with Gasteiger partial charge < -0.3 is 64.3 Å². The summed E-state index contributed by atoms with van der Waals surface area (Å²) < 4.78 is 76.6. The van der Waals surface area contributed by atoms with Crippen LogP contribution in [0.5, 0.6) is 0 Å². The number of aliphatic hydroxyl groups is 5. The number of carbonyl (C=O) groups is 2. The molecule has 0 radical (unpaired) electrons. The molecule has 129 heavy (non-hydrogen) atoms. The summed E-state index contributed by atoms with van der Waals surface area (Å²) in [6, 6.07) is 0. The molecule has 744 valence electrons. The van der Waals surface area contributed by atoms with E-state index in [1.807, 2.05) is 27.7 Å². The maximum absolute atomic E-state index is 13.5. The van der Waals surface area contributed by atoms with Crippen molar-refractivity contribution in [2.45, 2.75) is 440 Å². The largest absolute Gasteiger partial charge is 2.00 e. The number of carbonyl (C=O) groups excluding carboxylic acids is 2. The van der Waals surface area contributed by atoms with Gasteiger partial charge in [0.15, 0.2) is 0 Å². The molecular weight excluding hydrogens is 1660 g/mol. The van der Waals surface area contributed by atoms with Crippen LogP contribution in [0.3, 0.4) is 0 Å². The summed E-state index contributed by atoms with van der Waals surface area (Å²) in [4.78, 5) is 23.3. The van der Waals surface area contributed by atoms with Gasteiger partial charge in [0.2, 0.25) is 0 Å². The number of epoxide rings is 1. The quantitative estimate of drug-likeness (QED) is 0.0274. The van der Waals surface area contributed by atoms with Gasteiger partial charge in [-0.15, -0.1) is 0 Å². The Morgan fingerprint density at radius 1 is 0.395 bits per heavy atom. The molecule has 0 aromatic carbocycles. The van der Waals surface area contributed by atoms with Gasteiger partial charge in [0, 0.05) is 26.1 Å². The van der Waals surface area contributed by atoms with Crippen molar-refractivity contribution in [1.29, 1.82) is 0 Å². The van der Waals surface area contributed by atoms with Crippen molar-refractivity contribution in [3.63, 3.8) is 0 Å². The molecule has 0 bridgehead atoms. The minimum atomic E-state index is -1.06. The minimum absolute atomic E-state index is 0. The van der Waals surface area contributed by atoms with E-state index in [-0.39, 0.29) is 60.2 Å². The molecule has 17 heteroatoms. The second-order valence-corrected chi connectivity index (χ2v) is 52.1. The summed E-state index contributed by atoms with van der Waals surface area (Å²) >= 11 is 0. The zero-order chi connectivity index (χ0) is 92.3. The number of fused-ring (bicyclic) bond motifs is 20. The van der Waals surface area contributed by atoms with Gasteiger partial charge in [0.25, 0.3) is 0 Å². The Morgan fingerprint density at radius 3 is 0.876 bits per heavy atom. The van der Waals surface area contributed by atoms with Crippen molar-refractivity contribution in [2.24, 2.45) is 185 Å². The summed E-state index contributed by atoms with van der Waals surface area (Å²) in [6.45, 7) is 39.2. The van der Waals surface area contributed by atoms with Crippen molar-refractivity contribution in [3.8, 4) is 0 Å². The number of ether oxygens (including phenoxy) is 4. The Kier molecular flexibility index (Phi) is 36.4. The Balaban J connectivity index is 0.000000173. The van der Waals surface area contributed by atoms with Gasteiger partial charge >= 0.3 is 35.0 Å². The van der Waals surface area contributed by atoms with Crippen molar-refractivity contribution in [3.05, 3.63) is 7.43 Å². The molecule has 2 saturated heterocycles. The van der Waals surface area contributed by atoms with Gasteiger partial charge in [-0.05, 0) is 496 Å². The maximum Gasteiger partial charge on any atom is 2.00 e. The molecule has 1 spiro atoms. The second-order valence-electron chi connectivity index (χ2n) is 52.1. The fourth-order valence-electron chi connectivity index (χ4n) is 37.3. The number of hydrogen-bond acceptors (Lipinski definition) is 11. The maximum atomic E-state index is 13.5. The summed E-state index contributed by atoms with van der Waals surface area (Å²) in [5, 5.41) is 52.3. The van der Waals surface area contributed by atoms with E-state index < -0.39 is 55.2 Å². The number of rotatable bonds is 19. The van der Waals surface area contributed by atoms with Crippen LogP contribution in [0.1, 0.15) is 408 Å². The van der Waals surface area contributed by atoms with Crippen LogP contribution in [0.4, 0.5) is 17.6 Å². The standard InChI is InChI=1S/2C27H47FO2.C26H43FO3.C26H42O3.C4H8O.CH3F.CH3.ClH.Mg/c2*1-18(10-12-24(2,3)29)21-8-9-22-20-7-6-19-16-27(30,17-28)15-14-25(19,4)23(20)11-13-26(21,22)5;1-17(5-10-23(28)30-4)20-8-9-21-19-7-6-18-15-26(29,16-27)14-13-24(18,2)22(19)11-12-25(20,21)3;1-17(5-10-23(27)28-4)20-8-9-21-19-7-6-18-15-26(16-29-26)14-13-24(18,2)22(19)11-12-25(20,21)3;1-2-4-5-3-1;1-2;;;/h2*18-23,29-30H,6-17H2,1-5H3;17-22,29H,5-16H2,1-4H3;17-22H,5-16H2,1-4H3;1-4H2;1H3;1H3;1H;/q;;;;;;-1;;+2/p-1/t18-,19+,20?,21-,22?,23?,25+,26-,27-;18-,19-,20?,21-,22?,23?,25+,26-,27+;2*17-,18-,19?,20-,21?,22?,24+,25-,26+;;;;;/m1111...../s1/i;;;;;1D;;;. The molecule has 16 aliphatic carbocycles. The van der Waals surface area contributed by atoms with Crippen LogP contribution in [-0.4, -0.2) is 155 Å². The van der Waals surface area contributed by atoms with Crippen LogP contribution in [0.25, 0.3) is 0 Å². The van der Waals surface area contributed by atoms with E-state index in [9.17, 15) is 52.7 Å². The van der Waals surface area contributed by atoms with Gasteiger partial charge in [-0.2, -0.15) is 0 Å². The molecule has 16 saturated carbocycles. The SMILES string of the molecule is C1CCOC1.COC(=O)CC[C@@H](C)[C@H]1CCC2C3CC[C@@H]4C[C@@]5(CC[C@]4(C)C3CC[C@@]21C)CO5.COC(=O)CC[C@@H](C)[C@H]1CCC2C3CC[C@@H]4C[C@](O)(CF)CC[C@]4(C)C3CC[C@@]21C.C[C@H](CCC(C)(C)O)[C@H]1CCC2C3CC[C@@H]4C[C@](O)(CF)CC[C@]4(C)C3CC[C@@]21C.C[C@H](CCC(C)(C)O)[C@H]1CCC2C3CC[C@H]4C[C@@](O)(CF)CC[C@]4(C)C3CC[C@@]21C.[2H]CF.[CH3-].[Cl-].[Mg+2]. The Morgan fingerprint density at radius 2 is 0.643 bits per heavy atom. The first-order valence-corrected chi connectivity index (χ1v) is 53.2. The molecule has 0 aromatic rings. The van der Waals surface area contributed by atoms with Crippen molar-refractivity contribution < 1.29 is 85.4 Å². The molecule has 2 aliphatic heterocycles. The number of halogens is 5. The van der Waals surface area contributed by atoms with E-state index in [2.05, 4.69) is 83.1 Å². The predicted octanol–water partition coefficient (Wildman–Crippen LogP) is 23.5. The number of esters is 2. The third-order valence-corrected chi connectivity index (χ3v) is 44.9. The molecule has 5 N–H and O–H groups in total. The first kappa shape index (κ1) is 109. The van der Waals surface area contributed by atoms with E-state index in [0.29, 0.717) is 142 Å². The normalized spacial score (nSPS) is 47.2.